The van der Waals surface area contributed by atoms with E-state index in [1.807, 2.05) is 108 Å². The lowest BCUT2D eigenvalue weighted by atomic mass is 9.90. The topological polar surface area (TPSA) is 54.5 Å². The average molecular weight is 787 g/mol. The normalized spacial score (nSPS) is 11.9. The highest BCUT2D eigenvalue weighted by Gasteiger charge is 2.32. The van der Waals surface area contributed by atoms with Gasteiger partial charge in [-0.25, -0.2) is 9.97 Å². The number of halogens is 6. The third-order valence-corrected chi connectivity index (χ3v) is 10.3. The molecule has 0 aliphatic rings. The number of rotatable bonds is 6. The van der Waals surface area contributed by atoms with Crippen molar-refractivity contribution < 1.29 is 26.3 Å². The summed E-state index contributed by atoms with van der Waals surface area (Å²) >= 11 is 0. The average Bonchev–Trinajstić information content (AvgIpc) is 3.59. The van der Waals surface area contributed by atoms with E-state index in [9.17, 15) is 31.6 Å². The van der Waals surface area contributed by atoms with E-state index < -0.39 is 23.5 Å². The van der Waals surface area contributed by atoms with Crippen molar-refractivity contribution in [1.82, 2.24) is 14.5 Å². The second kappa shape index (κ2) is 14.5. The van der Waals surface area contributed by atoms with Gasteiger partial charge in [-0.15, -0.1) is 0 Å². The number of hydrogen-bond acceptors (Lipinski definition) is 3. The molecule has 0 atom stereocenters. The Morgan fingerprint density at radius 2 is 0.932 bits per heavy atom. The Morgan fingerprint density at radius 1 is 0.441 bits per heavy atom. The van der Waals surface area contributed by atoms with E-state index >= 15 is 0 Å². The highest BCUT2D eigenvalue weighted by atomic mass is 19.4. The monoisotopic (exact) mass is 786 g/mol. The van der Waals surface area contributed by atoms with E-state index in [0.717, 1.165) is 46.2 Å². The van der Waals surface area contributed by atoms with Gasteiger partial charge in [0.1, 0.15) is 0 Å². The summed E-state index contributed by atoms with van der Waals surface area (Å²) < 4.78 is 85.7. The summed E-state index contributed by atoms with van der Waals surface area (Å²) in [6.07, 6.45) is -9.19. The quantitative estimate of drug-likeness (QED) is 0.158. The second-order valence-corrected chi connectivity index (χ2v) is 14.0. The number of aromatic nitrogens is 3. The Balaban J connectivity index is 1.42. The Hall–Kier alpha value is -7.51. The predicted molar refractivity (Wildman–Crippen MR) is 218 cm³/mol. The van der Waals surface area contributed by atoms with Gasteiger partial charge >= 0.3 is 12.4 Å². The molecule has 0 aliphatic carbocycles. The molecule has 0 bridgehead atoms. The highest BCUT2D eigenvalue weighted by Crippen LogP contribution is 2.45. The van der Waals surface area contributed by atoms with Crippen molar-refractivity contribution in [2.45, 2.75) is 12.4 Å². The number of nitrogens with zero attached hydrogens (tertiary/aromatic N) is 4. The van der Waals surface area contributed by atoms with Crippen LogP contribution in [0.2, 0.25) is 0 Å². The molecule has 2 heterocycles. The van der Waals surface area contributed by atoms with Crippen LogP contribution >= 0.6 is 0 Å². The Kier molecular flexibility index (Phi) is 9.09. The van der Waals surface area contributed by atoms with Crippen LogP contribution in [0.1, 0.15) is 16.7 Å². The van der Waals surface area contributed by atoms with Crippen LogP contribution in [-0.2, 0) is 12.4 Å². The van der Waals surface area contributed by atoms with Gasteiger partial charge in [0, 0.05) is 38.6 Å². The van der Waals surface area contributed by atoms with Crippen molar-refractivity contribution in [3.8, 4) is 67.9 Å². The lowest BCUT2D eigenvalue weighted by Gasteiger charge is -2.22. The van der Waals surface area contributed by atoms with E-state index in [1.54, 1.807) is 18.2 Å². The van der Waals surface area contributed by atoms with Crippen LogP contribution in [0.5, 0.6) is 0 Å². The maximum absolute atomic E-state index is 14.0. The van der Waals surface area contributed by atoms with Gasteiger partial charge < -0.3 is 4.57 Å². The van der Waals surface area contributed by atoms with Crippen LogP contribution in [0.3, 0.4) is 0 Å². The van der Waals surface area contributed by atoms with Gasteiger partial charge in [-0.1, -0.05) is 103 Å². The Morgan fingerprint density at radius 3 is 1.47 bits per heavy atom. The fraction of sp³-hybridized carbons (Fsp3) is 0.0408. The highest BCUT2D eigenvalue weighted by molar-refractivity contribution is 6.11. The van der Waals surface area contributed by atoms with E-state index in [2.05, 4.69) is 6.07 Å². The zero-order valence-corrected chi connectivity index (χ0v) is 30.7. The number of nitriles is 1. The number of hydrogen-bond donors (Lipinski definition) is 0. The van der Waals surface area contributed by atoms with Crippen molar-refractivity contribution in [1.29, 1.82) is 5.26 Å². The van der Waals surface area contributed by atoms with E-state index in [4.69, 9.17) is 9.97 Å². The molecule has 0 fully saturated rings. The van der Waals surface area contributed by atoms with Crippen LogP contribution in [0.4, 0.5) is 26.3 Å². The molecular formula is C49H28F6N4. The summed E-state index contributed by atoms with van der Waals surface area (Å²) in [5.74, 6) is 0.425. The first-order valence-electron chi connectivity index (χ1n) is 18.4. The largest absolute Gasteiger partial charge is 0.416 e. The van der Waals surface area contributed by atoms with Crippen LogP contribution in [-0.4, -0.2) is 14.5 Å². The zero-order chi connectivity index (χ0) is 40.9. The molecule has 7 aromatic carbocycles. The minimum atomic E-state index is -4.59. The van der Waals surface area contributed by atoms with Crippen LogP contribution < -0.4 is 0 Å². The van der Waals surface area contributed by atoms with Gasteiger partial charge in [-0.2, -0.15) is 31.6 Å². The van der Waals surface area contributed by atoms with Crippen molar-refractivity contribution in [2.24, 2.45) is 0 Å². The van der Waals surface area contributed by atoms with Gasteiger partial charge in [-0.3, -0.25) is 0 Å². The summed E-state index contributed by atoms with van der Waals surface area (Å²) in [7, 11) is 0. The molecule has 0 saturated heterocycles. The first-order valence-corrected chi connectivity index (χ1v) is 18.4. The van der Waals surface area contributed by atoms with Crippen molar-refractivity contribution in [2.75, 3.05) is 0 Å². The molecular weight excluding hydrogens is 759 g/mol. The van der Waals surface area contributed by atoms with Gasteiger partial charge in [0.15, 0.2) is 5.82 Å². The van der Waals surface area contributed by atoms with Gasteiger partial charge in [0.05, 0.1) is 50.9 Å². The fourth-order valence-corrected chi connectivity index (χ4v) is 7.49. The number of fused-ring (bicyclic) bond motifs is 3. The summed E-state index contributed by atoms with van der Waals surface area (Å²) in [5.41, 5.74) is 5.66. The number of alkyl halides is 6. The minimum Gasteiger partial charge on any atom is -0.308 e. The van der Waals surface area contributed by atoms with Gasteiger partial charge in [0.25, 0.3) is 0 Å². The van der Waals surface area contributed by atoms with Crippen LogP contribution in [0, 0.1) is 11.3 Å². The molecule has 10 heteroatoms. The lowest BCUT2D eigenvalue weighted by molar-refractivity contribution is -0.138. The summed E-state index contributed by atoms with van der Waals surface area (Å²) in [6.45, 7) is 0. The maximum atomic E-state index is 14.0. The molecule has 4 nitrogen and oxygen atoms in total. The molecule has 0 radical (unpaired) electrons. The first kappa shape index (κ1) is 37.1. The smallest absolute Gasteiger partial charge is 0.308 e. The fourth-order valence-electron chi connectivity index (χ4n) is 7.49. The molecule has 2 aromatic heterocycles. The van der Waals surface area contributed by atoms with Crippen LogP contribution in [0.15, 0.2) is 170 Å². The predicted octanol–water partition coefficient (Wildman–Crippen LogP) is 13.8. The molecule has 59 heavy (non-hydrogen) atoms. The summed E-state index contributed by atoms with van der Waals surface area (Å²) in [5, 5.41) is 11.4. The van der Waals surface area contributed by atoms with Crippen molar-refractivity contribution >= 4 is 21.8 Å². The van der Waals surface area contributed by atoms with E-state index in [1.165, 1.54) is 24.3 Å². The van der Waals surface area contributed by atoms with Crippen molar-refractivity contribution in [3.05, 3.63) is 187 Å². The molecule has 0 unspecified atom stereocenters. The third-order valence-electron chi connectivity index (χ3n) is 10.3. The van der Waals surface area contributed by atoms with E-state index in [0.29, 0.717) is 67.3 Å². The van der Waals surface area contributed by atoms with E-state index in [-0.39, 0.29) is 0 Å². The number of para-hydroxylation sites is 1. The maximum Gasteiger partial charge on any atom is 0.416 e. The third kappa shape index (κ3) is 6.97. The summed E-state index contributed by atoms with van der Waals surface area (Å²) in [6, 6.07) is 49.1. The standard InChI is InChI=1S/C49H28F6N4/c50-48(51,52)36-20-16-31(17-21-36)39-26-35(43-28-42(33-9-3-1-4-10-33)57-47(58-43)34-11-5-2-6-12-34)27-40(32-18-22-37(23-19-32)49(53,54)55)46(39)59-44-14-8-7-13-38(44)41-25-30(29-56)15-24-45(41)59/h1-28H. The molecule has 9 aromatic rings. The van der Waals surface area contributed by atoms with Crippen LogP contribution in [0.25, 0.3) is 83.6 Å². The molecule has 0 amide bonds. The first-order chi connectivity index (χ1) is 28.5. The lowest BCUT2D eigenvalue weighted by Crippen LogP contribution is -2.06. The molecule has 9 rings (SSSR count). The Bertz CT molecular complexity index is 2920. The van der Waals surface area contributed by atoms with Crippen molar-refractivity contribution in [3.63, 3.8) is 0 Å². The zero-order valence-electron chi connectivity index (χ0n) is 30.7. The second-order valence-electron chi connectivity index (χ2n) is 14.0. The minimum absolute atomic E-state index is 0.420. The van der Waals surface area contributed by atoms with Gasteiger partial charge in [-0.05, 0) is 77.9 Å². The number of benzene rings is 7. The van der Waals surface area contributed by atoms with Gasteiger partial charge in [0.2, 0.25) is 0 Å². The summed E-state index contributed by atoms with van der Waals surface area (Å²) in [4.78, 5) is 9.94. The molecule has 0 spiro atoms. The molecule has 0 aliphatic heterocycles. The SMILES string of the molecule is N#Cc1ccc2c(c1)c1ccccc1n2-c1c(-c2ccc(C(F)(F)F)cc2)cc(-c2cc(-c3ccccc3)nc(-c3ccccc3)n2)cc1-c1ccc(C(F)(F)F)cc1. The molecule has 0 saturated carbocycles. The molecule has 0 N–H and O–H groups in total. The Labute approximate surface area is 333 Å². The molecule has 286 valence electrons.